The van der Waals surface area contributed by atoms with Crippen LogP contribution in [0.15, 0.2) is 35.7 Å². The number of thioether (sulfide) groups is 1. The summed E-state index contributed by atoms with van der Waals surface area (Å²) in [5.74, 6) is 0.769. The lowest BCUT2D eigenvalue weighted by Crippen LogP contribution is -1.99. The van der Waals surface area contributed by atoms with Gasteiger partial charge in [0.25, 0.3) is 0 Å². The van der Waals surface area contributed by atoms with Crippen LogP contribution in [0.25, 0.3) is 5.69 Å². The van der Waals surface area contributed by atoms with E-state index in [0.29, 0.717) is 5.16 Å². The number of hydrogen-bond donors (Lipinski definition) is 0. The lowest BCUT2D eigenvalue weighted by molar-refractivity contribution is 0.414. The molecular weight excluding hydrogens is 248 g/mol. The standard InChI is InChI=1S/C12H12N4OS/c1-9(7-13)18-12-15-14-8-16(12)10-4-3-5-11(6-10)17-2/h3-6,8-9H,1-2H3/t9-/m0/s1. The summed E-state index contributed by atoms with van der Waals surface area (Å²) in [5.41, 5.74) is 0.909. The maximum Gasteiger partial charge on any atom is 0.196 e. The van der Waals surface area contributed by atoms with Gasteiger partial charge in [-0.1, -0.05) is 17.8 Å². The summed E-state index contributed by atoms with van der Waals surface area (Å²) in [7, 11) is 1.62. The van der Waals surface area contributed by atoms with Crippen molar-refractivity contribution in [2.24, 2.45) is 0 Å². The molecule has 0 aliphatic heterocycles. The molecule has 0 saturated heterocycles. The van der Waals surface area contributed by atoms with Crippen LogP contribution >= 0.6 is 11.8 Å². The summed E-state index contributed by atoms with van der Waals surface area (Å²) in [6.07, 6.45) is 1.63. The molecule has 0 aliphatic carbocycles. The van der Waals surface area contributed by atoms with Gasteiger partial charge in [-0.15, -0.1) is 10.2 Å². The van der Waals surface area contributed by atoms with Gasteiger partial charge in [-0.3, -0.25) is 4.57 Å². The van der Waals surface area contributed by atoms with Crippen LogP contribution in [0.4, 0.5) is 0 Å². The van der Waals surface area contributed by atoms with E-state index in [9.17, 15) is 0 Å². The Morgan fingerprint density at radius 2 is 2.33 bits per heavy atom. The van der Waals surface area contributed by atoms with Crippen LogP contribution in [0.2, 0.25) is 0 Å². The van der Waals surface area contributed by atoms with Crippen molar-refractivity contribution in [1.29, 1.82) is 5.26 Å². The molecular formula is C12H12N4OS. The van der Waals surface area contributed by atoms with E-state index in [4.69, 9.17) is 10.00 Å². The summed E-state index contributed by atoms with van der Waals surface area (Å²) in [6.45, 7) is 1.83. The number of nitrogens with zero attached hydrogens (tertiary/aromatic N) is 4. The molecule has 5 nitrogen and oxygen atoms in total. The molecule has 92 valence electrons. The fourth-order valence-electron chi connectivity index (χ4n) is 1.43. The zero-order valence-corrected chi connectivity index (χ0v) is 10.9. The minimum absolute atomic E-state index is 0.168. The van der Waals surface area contributed by atoms with Crippen LogP contribution in [0.5, 0.6) is 5.75 Å². The van der Waals surface area contributed by atoms with E-state index >= 15 is 0 Å². The Kier molecular flexibility index (Phi) is 3.85. The summed E-state index contributed by atoms with van der Waals surface area (Å²) in [5, 5.41) is 17.3. The van der Waals surface area contributed by atoms with E-state index in [0.717, 1.165) is 11.4 Å². The highest BCUT2D eigenvalue weighted by atomic mass is 32.2. The van der Waals surface area contributed by atoms with Crippen molar-refractivity contribution >= 4 is 11.8 Å². The molecule has 1 aromatic carbocycles. The second-order valence-electron chi connectivity index (χ2n) is 3.57. The van der Waals surface area contributed by atoms with Crippen molar-refractivity contribution in [3.05, 3.63) is 30.6 Å². The number of aromatic nitrogens is 3. The summed E-state index contributed by atoms with van der Waals surface area (Å²) < 4.78 is 7.02. The fraction of sp³-hybridized carbons (Fsp3) is 0.250. The van der Waals surface area contributed by atoms with E-state index in [1.807, 2.05) is 35.8 Å². The third kappa shape index (κ3) is 2.63. The van der Waals surface area contributed by atoms with E-state index in [1.54, 1.807) is 13.4 Å². The number of rotatable bonds is 4. The molecule has 0 amide bonds. The Labute approximate surface area is 109 Å². The van der Waals surface area contributed by atoms with Gasteiger partial charge in [-0.2, -0.15) is 5.26 Å². The molecule has 0 N–H and O–H groups in total. The van der Waals surface area contributed by atoms with Gasteiger partial charge in [0, 0.05) is 6.07 Å². The predicted molar refractivity (Wildman–Crippen MR) is 68.8 cm³/mol. The topological polar surface area (TPSA) is 63.7 Å². The Morgan fingerprint density at radius 1 is 1.50 bits per heavy atom. The molecule has 1 atom stereocenters. The first-order valence-corrected chi connectivity index (χ1v) is 6.23. The zero-order valence-electron chi connectivity index (χ0n) is 10.1. The van der Waals surface area contributed by atoms with Crippen LogP contribution in [0.3, 0.4) is 0 Å². The largest absolute Gasteiger partial charge is 0.497 e. The van der Waals surface area contributed by atoms with E-state index in [2.05, 4.69) is 16.3 Å². The van der Waals surface area contributed by atoms with Crippen LogP contribution in [0, 0.1) is 11.3 Å². The molecule has 1 aromatic heterocycles. The molecule has 2 rings (SSSR count). The normalized spacial score (nSPS) is 11.8. The van der Waals surface area contributed by atoms with Gasteiger partial charge in [0.05, 0.1) is 24.1 Å². The summed E-state index contributed by atoms with van der Waals surface area (Å²) in [4.78, 5) is 0. The molecule has 0 unspecified atom stereocenters. The van der Waals surface area contributed by atoms with Crippen molar-refractivity contribution in [3.63, 3.8) is 0 Å². The van der Waals surface area contributed by atoms with E-state index in [1.165, 1.54) is 11.8 Å². The van der Waals surface area contributed by atoms with E-state index < -0.39 is 0 Å². The smallest absolute Gasteiger partial charge is 0.196 e. The zero-order chi connectivity index (χ0) is 13.0. The maximum absolute atomic E-state index is 8.83. The lowest BCUT2D eigenvalue weighted by Gasteiger charge is -2.08. The molecule has 6 heteroatoms. The Morgan fingerprint density at radius 3 is 3.06 bits per heavy atom. The maximum atomic E-state index is 8.83. The highest BCUT2D eigenvalue weighted by molar-refractivity contribution is 8.00. The predicted octanol–water partition coefficient (Wildman–Crippen LogP) is 2.28. The van der Waals surface area contributed by atoms with Crippen molar-refractivity contribution < 1.29 is 4.74 Å². The second kappa shape index (κ2) is 5.56. The van der Waals surface area contributed by atoms with Crippen LogP contribution in [-0.4, -0.2) is 27.1 Å². The Bertz CT molecular complexity index is 575. The number of methoxy groups -OCH3 is 1. The first kappa shape index (κ1) is 12.5. The molecule has 0 saturated carbocycles. The van der Waals surface area contributed by atoms with Crippen LogP contribution in [-0.2, 0) is 0 Å². The van der Waals surface area contributed by atoms with Gasteiger partial charge in [0.2, 0.25) is 0 Å². The first-order valence-electron chi connectivity index (χ1n) is 5.35. The number of nitriles is 1. The van der Waals surface area contributed by atoms with E-state index in [-0.39, 0.29) is 5.25 Å². The SMILES string of the molecule is COc1cccc(-n2cnnc2S[C@@H](C)C#N)c1. The van der Waals surface area contributed by atoms with Crippen molar-refractivity contribution in [3.8, 4) is 17.5 Å². The lowest BCUT2D eigenvalue weighted by atomic mass is 10.3. The molecule has 0 aliphatic rings. The summed E-state index contributed by atoms with van der Waals surface area (Å²) in [6, 6.07) is 9.77. The van der Waals surface area contributed by atoms with Crippen molar-refractivity contribution in [2.75, 3.05) is 7.11 Å². The molecule has 0 radical (unpaired) electrons. The minimum atomic E-state index is -0.168. The van der Waals surface area contributed by atoms with Gasteiger partial charge >= 0.3 is 0 Å². The second-order valence-corrected chi connectivity index (χ2v) is 4.88. The summed E-state index contributed by atoms with van der Waals surface area (Å²) >= 11 is 1.37. The van der Waals surface area contributed by atoms with Gasteiger partial charge < -0.3 is 4.74 Å². The number of ether oxygens (including phenoxy) is 1. The third-order valence-corrected chi connectivity index (χ3v) is 3.26. The van der Waals surface area contributed by atoms with Crippen molar-refractivity contribution in [2.45, 2.75) is 17.3 Å². The van der Waals surface area contributed by atoms with Crippen LogP contribution < -0.4 is 4.74 Å². The quantitative estimate of drug-likeness (QED) is 0.789. The molecule has 0 fully saturated rings. The molecule has 0 bridgehead atoms. The number of benzene rings is 1. The monoisotopic (exact) mass is 260 g/mol. The van der Waals surface area contributed by atoms with Crippen LogP contribution in [0.1, 0.15) is 6.92 Å². The molecule has 0 spiro atoms. The van der Waals surface area contributed by atoms with Crippen molar-refractivity contribution in [1.82, 2.24) is 14.8 Å². The molecule has 1 heterocycles. The average Bonchev–Trinajstić information content (AvgIpc) is 2.86. The average molecular weight is 260 g/mol. The highest BCUT2D eigenvalue weighted by Gasteiger charge is 2.11. The van der Waals surface area contributed by atoms with Gasteiger partial charge in [-0.05, 0) is 19.1 Å². The number of hydrogen-bond acceptors (Lipinski definition) is 5. The third-order valence-electron chi connectivity index (χ3n) is 2.31. The minimum Gasteiger partial charge on any atom is -0.497 e. The molecule has 18 heavy (non-hydrogen) atoms. The van der Waals surface area contributed by atoms with Gasteiger partial charge in [0.15, 0.2) is 5.16 Å². The van der Waals surface area contributed by atoms with Gasteiger partial charge in [-0.25, -0.2) is 0 Å². The fourth-order valence-corrected chi connectivity index (χ4v) is 2.16. The Balaban J connectivity index is 2.33. The first-order chi connectivity index (χ1) is 8.74. The molecule has 2 aromatic rings. The highest BCUT2D eigenvalue weighted by Crippen LogP contribution is 2.24. The van der Waals surface area contributed by atoms with Gasteiger partial charge in [0.1, 0.15) is 12.1 Å². The Hall–Kier alpha value is -2.00.